The maximum atomic E-state index is 14.6. The quantitative estimate of drug-likeness (QED) is 0.317. The SMILES string of the molecule is CCCc1ccc(N(Cc2ccc3c(c2C)N(CC(=O)OC(C)(C)C)CCC3)C(=O)C(F)(F)F)cc1F. The summed E-state index contributed by atoms with van der Waals surface area (Å²) in [5.74, 6) is -3.12. The van der Waals surface area contributed by atoms with E-state index in [0.29, 0.717) is 41.0 Å². The second-order valence-corrected chi connectivity index (χ2v) is 10.4. The van der Waals surface area contributed by atoms with Crippen LogP contribution in [0.25, 0.3) is 0 Å². The van der Waals surface area contributed by atoms with Crippen LogP contribution in [0.4, 0.5) is 28.9 Å². The van der Waals surface area contributed by atoms with Gasteiger partial charge in [0, 0.05) is 17.9 Å². The van der Waals surface area contributed by atoms with E-state index in [9.17, 15) is 27.2 Å². The average Bonchev–Trinajstić information content (AvgIpc) is 2.78. The number of rotatable bonds is 7. The Kier molecular flexibility index (Phi) is 8.55. The Morgan fingerprint density at radius 3 is 2.35 bits per heavy atom. The highest BCUT2D eigenvalue weighted by molar-refractivity contribution is 5.97. The van der Waals surface area contributed by atoms with Crippen molar-refractivity contribution in [2.45, 2.75) is 78.6 Å². The normalized spacial score (nSPS) is 13.8. The van der Waals surface area contributed by atoms with Gasteiger partial charge in [0.1, 0.15) is 18.0 Å². The smallest absolute Gasteiger partial charge is 0.459 e. The molecule has 0 aliphatic carbocycles. The monoisotopic (exact) mass is 522 g/mol. The third-order valence-electron chi connectivity index (χ3n) is 6.24. The fraction of sp³-hybridized carbons (Fsp3) is 0.500. The van der Waals surface area contributed by atoms with Gasteiger partial charge in [0.2, 0.25) is 0 Å². The van der Waals surface area contributed by atoms with Gasteiger partial charge in [-0.15, -0.1) is 0 Å². The van der Waals surface area contributed by atoms with E-state index < -0.39 is 36.0 Å². The molecule has 0 spiro atoms. The second kappa shape index (κ2) is 11.1. The molecule has 1 heterocycles. The molecule has 1 aliphatic heterocycles. The first kappa shape index (κ1) is 28.5. The number of carbonyl (C=O) groups excluding carboxylic acids is 2. The summed E-state index contributed by atoms with van der Waals surface area (Å²) >= 11 is 0. The van der Waals surface area contributed by atoms with Gasteiger partial charge in [-0.05, 0) is 81.3 Å². The number of nitrogens with zero attached hydrogens (tertiary/aromatic N) is 2. The molecule has 202 valence electrons. The zero-order valence-corrected chi connectivity index (χ0v) is 22.0. The number of alkyl halides is 3. The number of halogens is 4. The van der Waals surface area contributed by atoms with Gasteiger partial charge in [0.25, 0.3) is 0 Å². The Balaban J connectivity index is 1.98. The standard InChI is InChI=1S/C28H34F4N2O3/c1-6-8-19-12-13-22(15-23(19)29)34(26(36)28(30,31)32)16-21-11-10-20-9-7-14-33(25(20)18(21)2)17-24(35)37-27(3,4)5/h10-13,15H,6-9,14,16-17H2,1-5H3. The Bertz CT molecular complexity index is 1160. The largest absolute Gasteiger partial charge is 0.471 e. The fourth-order valence-electron chi connectivity index (χ4n) is 4.65. The van der Waals surface area contributed by atoms with Crippen molar-refractivity contribution in [3.05, 3.63) is 58.4 Å². The summed E-state index contributed by atoms with van der Waals surface area (Å²) < 4.78 is 60.8. The number of amides is 1. The van der Waals surface area contributed by atoms with Crippen LogP contribution in [0.2, 0.25) is 0 Å². The van der Waals surface area contributed by atoms with Crippen molar-refractivity contribution < 1.29 is 31.9 Å². The number of ether oxygens (including phenoxy) is 1. The first-order valence-corrected chi connectivity index (χ1v) is 12.5. The van der Waals surface area contributed by atoms with Crippen molar-refractivity contribution in [3.63, 3.8) is 0 Å². The van der Waals surface area contributed by atoms with Crippen LogP contribution in [0, 0.1) is 12.7 Å². The maximum Gasteiger partial charge on any atom is 0.471 e. The summed E-state index contributed by atoms with van der Waals surface area (Å²) in [5, 5.41) is 0. The predicted octanol–water partition coefficient (Wildman–Crippen LogP) is 6.28. The van der Waals surface area contributed by atoms with Gasteiger partial charge in [0.15, 0.2) is 0 Å². The lowest BCUT2D eigenvalue weighted by molar-refractivity contribution is -0.170. The molecule has 0 atom stereocenters. The van der Waals surface area contributed by atoms with Gasteiger partial charge in [-0.1, -0.05) is 31.5 Å². The molecule has 0 saturated heterocycles. The van der Waals surface area contributed by atoms with E-state index in [1.807, 2.05) is 17.9 Å². The summed E-state index contributed by atoms with van der Waals surface area (Å²) in [7, 11) is 0. The molecular weight excluding hydrogens is 488 g/mol. The molecule has 2 aromatic carbocycles. The lowest BCUT2D eigenvalue weighted by Crippen LogP contribution is -2.41. The van der Waals surface area contributed by atoms with Crippen molar-refractivity contribution in [3.8, 4) is 0 Å². The molecule has 0 bridgehead atoms. The summed E-state index contributed by atoms with van der Waals surface area (Å²) in [6.45, 7) is 9.17. The van der Waals surface area contributed by atoms with Crippen molar-refractivity contribution >= 4 is 23.3 Å². The number of hydrogen-bond donors (Lipinski definition) is 0. The van der Waals surface area contributed by atoms with Gasteiger partial charge in [-0.25, -0.2) is 4.39 Å². The minimum Gasteiger partial charge on any atom is -0.459 e. The second-order valence-electron chi connectivity index (χ2n) is 10.4. The molecule has 5 nitrogen and oxygen atoms in total. The molecule has 0 saturated carbocycles. The zero-order valence-electron chi connectivity index (χ0n) is 22.0. The molecule has 2 aromatic rings. The number of fused-ring (bicyclic) bond motifs is 1. The van der Waals surface area contributed by atoms with Crippen LogP contribution in [0.1, 0.15) is 62.8 Å². The van der Waals surface area contributed by atoms with Crippen molar-refractivity contribution in [1.82, 2.24) is 0 Å². The Morgan fingerprint density at radius 1 is 1.08 bits per heavy atom. The van der Waals surface area contributed by atoms with E-state index in [2.05, 4.69) is 0 Å². The molecule has 9 heteroatoms. The number of aryl methyl sites for hydroxylation is 2. The molecule has 0 unspecified atom stereocenters. The Morgan fingerprint density at radius 2 is 1.76 bits per heavy atom. The van der Waals surface area contributed by atoms with Crippen LogP contribution < -0.4 is 9.80 Å². The summed E-state index contributed by atoms with van der Waals surface area (Å²) in [4.78, 5) is 27.4. The number of esters is 1. The number of anilines is 2. The number of carbonyl (C=O) groups is 2. The third kappa shape index (κ3) is 7.02. The first-order valence-electron chi connectivity index (χ1n) is 12.5. The van der Waals surface area contributed by atoms with E-state index in [0.717, 1.165) is 30.2 Å². The maximum absolute atomic E-state index is 14.6. The van der Waals surface area contributed by atoms with Gasteiger partial charge < -0.3 is 14.5 Å². The Labute approximate surface area is 215 Å². The van der Waals surface area contributed by atoms with E-state index in [1.165, 1.54) is 12.1 Å². The van der Waals surface area contributed by atoms with Crippen LogP contribution >= 0.6 is 0 Å². The highest BCUT2D eigenvalue weighted by atomic mass is 19.4. The van der Waals surface area contributed by atoms with Gasteiger partial charge in [0.05, 0.1) is 6.54 Å². The predicted molar refractivity (Wildman–Crippen MR) is 135 cm³/mol. The van der Waals surface area contributed by atoms with Gasteiger partial charge >= 0.3 is 18.1 Å². The molecule has 0 aromatic heterocycles. The van der Waals surface area contributed by atoms with E-state index >= 15 is 0 Å². The minimum atomic E-state index is -5.14. The summed E-state index contributed by atoms with van der Waals surface area (Å²) in [6.07, 6.45) is -2.44. The fourth-order valence-corrected chi connectivity index (χ4v) is 4.65. The van der Waals surface area contributed by atoms with Crippen LogP contribution in [0.3, 0.4) is 0 Å². The lowest BCUT2D eigenvalue weighted by Gasteiger charge is -2.34. The molecule has 3 rings (SSSR count). The van der Waals surface area contributed by atoms with Crippen LogP contribution in [-0.4, -0.2) is 36.7 Å². The third-order valence-corrected chi connectivity index (χ3v) is 6.24. The highest BCUT2D eigenvalue weighted by Crippen LogP contribution is 2.35. The highest BCUT2D eigenvalue weighted by Gasteiger charge is 2.43. The molecule has 0 fully saturated rings. The average molecular weight is 523 g/mol. The molecule has 0 radical (unpaired) electrons. The number of benzene rings is 2. The van der Waals surface area contributed by atoms with Crippen LogP contribution in [0.15, 0.2) is 30.3 Å². The zero-order chi connectivity index (χ0) is 27.5. The summed E-state index contributed by atoms with van der Waals surface area (Å²) in [6, 6.07) is 7.27. The van der Waals surface area contributed by atoms with Crippen LogP contribution in [-0.2, 0) is 33.7 Å². The van der Waals surface area contributed by atoms with Crippen molar-refractivity contribution in [2.24, 2.45) is 0 Å². The lowest BCUT2D eigenvalue weighted by atomic mass is 9.94. The summed E-state index contributed by atoms with van der Waals surface area (Å²) in [5.41, 5.74) is 2.45. The van der Waals surface area contributed by atoms with Crippen molar-refractivity contribution in [2.75, 3.05) is 22.9 Å². The van der Waals surface area contributed by atoms with Crippen LogP contribution in [0.5, 0.6) is 0 Å². The van der Waals surface area contributed by atoms with Gasteiger partial charge in [-0.2, -0.15) is 13.2 Å². The van der Waals surface area contributed by atoms with E-state index in [1.54, 1.807) is 33.8 Å². The molecule has 37 heavy (non-hydrogen) atoms. The van der Waals surface area contributed by atoms with E-state index in [-0.39, 0.29) is 12.2 Å². The Hall–Kier alpha value is -3.10. The van der Waals surface area contributed by atoms with Crippen molar-refractivity contribution in [1.29, 1.82) is 0 Å². The first-order chi connectivity index (χ1) is 17.2. The molecule has 0 N–H and O–H groups in total. The van der Waals surface area contributed by atoms with Gasteiger partial charge in [-0.3, -0.25) is 9.59 Å². The topological polar surface area (TPSA) is 49.9 Å². The molecule has 1 amide bonds. The molecular formula is C28H34F4N2O3. The minimum absolute atomic E-state index is 0.00383. The molecule has 1 aliphatic rings. The van der Waals surface area contributed by atoms with E-state index in [4.69, 9.17) is 4.74 Å². The number of hydrogen-bond acceptors (Lipinski definition) is 4.